The largest absolute Gasteiger partial charge is 0.508 e. The van der Waals surface area contributed by atoms with Crippen molar-refractivity contribution in [2.45, 2.75) is 13.8 Å². The molecule has 0 atom stereocenters. The van der Waals surface area contributed by atoms with Crippen molar-refractivity contribution in [3.8, 4) is 17.0 Å². The maximum absolute atomic E-state index is 9.42. The van der Waals surface area contributed by atoms with Gasteiger partial charge in [0.05, 0.1) is 5.69 Å². The predicted octanol–water partition coefficient (Wildman–Crippen LogP) is 3.07. The highest BCUT2D eigenvalue weighted by molar-refractivity contribution is 5.61. The van der Waals surface area contributed by atoms with Crippen molar-refractivity contribution >= 4 is 0 Å². The zero-order chi connectivity index (χ0) is 10.8. The number of phenols is 1. The van der Waals surface area contributed by atoms with E-state index >= 15 is 0 Å². The van der Waals surface area contributed by atoms with E-state index in [1.54, 1.807) is 6.07 Å². The van der Waals surface area contributed by atoms with Crippen LogP contribution in [0.1, 0.15) is 11.3 Å². The van der Waals surface area contributed by atoms with Crippen LogP contribution in [-0.2, 0) is 0 Å². The number of aromatic hydroxyl groups is 1. The van der Waals surface area contributed by atoms with Gasteiger partial charge in [0.25, 0.3) is 0 Å². The Kier molecular flexibility index (Phi) is 2.42. The average Bonchev–Trinajstić information content (AvgIpc) is 2.22. The smallest absolute Gasteiger partial charge is 0.118 e. The van der Waals surface area contributed by atoms with Crippen LogP contribution in [0.2, 0.25) is 0 Å². The summed E-state index contributed by atoms with van der Waals surface area (Å²) in [6.45, 7) is 3.85. The van der Waals surface area contributed by atoms with E-state index in [2.05, 4.69) is 4.98 Å². The van der Waals surface area contributed by atoms with E-state index in [9.17, 15) is 5.11 Å². The number of benzene rings is 1. The Bertz CT molecular complexity index is 492. The van der Waals surface area contributed by atoms with E-state index in [0.717, 1.165) is 22.5 Å². The number of rotatable bonds is 1. The van der Waals surface area contributed by atoms with Gasteiger partial charge in [-0.15, -0.1) is 0 Å². The average molecular weight is 199 g/mol. The zero-order valence-electron chi connectivity index (χ0n) is 8.86. The molecule has 0 aliphatic carbocycles. The third-order valence-corrected chi connectivity index (χ3v) is 2.38. The van der Waals surface area contributed by atoms with Gasteiger partial charge in [0, 0.05) is 11.3 Å². The summed E-state index contributed by atoms with van der Waals surface area (Å²) < 4.78 is 0. The molecule has 1 heterocycles. The maximum Gasteiger partial charge on any atom is 0.118 e. The zero-order valence-corrected chi connectivity index (χ0v) is 8.86. The SMILES string of the molecule is Cc1cccc(-c2ccc(O)c(C)c2)n1. The standard InChI is InChI=1S/C13H13NO/c1-9-8-11(6-7-13(9)15)12-5-3-4-10(2)14-12/h3-8,15H,1-2H3. The topological polar surface area (TPSA) is 33.1 Å². The number of pyridine rings is 1. The molecule has 0 saturated heterocycles. The van der Waals surface area contributed by atoms with E-state index in [4.69, 9.17) is 0 Å². The van der Waals surface area contributed by atoms with Crippen LogP contribution in [0, 0.1) is 13.8 Å². The van der Waals surface area contributed by atoms with Gasteiger partial charge in [0.15, 0.2) is 0 Å². The molecule has 2 rings (SSSR count). The normalized spacial score (nSPS) is 10.3. The van der Waals surface area contributed by atoms with Crippen LogP contribution in [0.15, 0.2) is 36.4 Å². The molecule has 0 fully saturated rings. The van der Waals surface area contributed by atoms with Gasteiger partial charge in [-0.25, -0.2) is 0 Å². The molecule has 0 amide bonds. The first-order valence-corrected chi connectivity index (χ1v) is 4.90. The Labute approximate surface area is 89.2 Å². The molecule has 0 bridgehead atoms. The summed E-state index contributed by atoms with van der Waals surface area (Å²) in [5.41, 5.74) is 3.85. The lowest BCUT2D eigenvalue weighted by Gasteiger charge is -2.04. The van der Waals surface area contributed by atoms with Gasteiger partial charge in [-0.05, 0) is 49.7 Å². The Morgan fingerprint density at radius 1 is 1.07 bits per heavy atom. The van der Waals surface area contributed by atoms with Gasteiger partial charge in [-0.3, -0.25) is 4.98 Å². The summed E-state index contributed by atoms with van der Waals surface area (Å²) in [6, 6.07) is 11.4. The molecule has 1 aromatic carbocycles. The minimum absolute atomic E-state index is 0.325. The lowest BCUT2D eigenvalue weighted by molar-refractivity contribution is 0.471. The van der Waals surface area contributed by atoms with E-state index in [1.165, 1.54) is 0 Å². The molecule has 1 N–H and O–H groups in total. The number of nitrogens with zero attached hydrogens (tertiary/aromatic N) is 1. The first-order chi connectivity index (χ1) is 7.16. The van der Waals surface area contributed by atoms with Gasteiger partial charge in [0.1, 0.15) is 5.75 Å². The van der Waals surface area contributed by atoms with Gasteiger partial charge >= 0.3 is 0 Å². The summed E-state index contributed by atoms with van der Waals surface area (Å²) in [5.74, 6) is 0.325. The molecule has 0 spiro atoms. The van der Waals surface area contributed by atoms with Crippen LogP contribution in [0.3, 0.4) is 0 Å². The second kappa shape index (κ2) is 3.73. The van der Waals surface area contributed by atoms with Crippen molar-refractivity contribution in [1.29, 1.82) is 0 Å². The first kappa shape index (κ1) is 9.71. The molecule has 2 aromatic rings. The summed E-state index contributed by atoms with van der Waals surface area (Å²) in [4.78, 5) is 4.43. The summed E-state index contributed by atoms with van der Waals surface area (Å²) in [5, 5.41) is 9.42. The maximum atomic E-state index is 9.42. The Morgan fingerprint density at radius 2 is 1.87 bits per heavy atom. The first-order valence-electron chi connectivity index (χ1n) is 4.90. The minimum atomic E-state index is 0.325. The third kappa shape index (κ3) is 1.99. The summed E-state index contributed by atoms with van der Waals surface area (Å²) in [6.07, 6.45) is 0. The van der Waals surface area contributed by atoms with Crippen molar-refractivity contribution in [1.82, 2.24) is 4.98 Å². The van der Waals surface area contributed by atoms with E-state index in [0.29, 0.717) is 5.75 Å². The van der Waals surface area contributed by atoms with E-state index < -0.39 is 0 Å². The molecular formula is C13H13NO. The minimum Gasteiger partial charge on any atom is -0.508 e. The molecule has 0 unspecified atom stereocenters. The molecule has 0 aliphatic rings. The van der Waals surface area contributed by atoms with Crippen LogP contribution < -0.4 is 0 Å². The predicted molar refractivity (Wildman–Crippen MR) is 60.8 cm³/mol. The van der Waals surface area contributed by atoms with Gasteiger partial charge < -0.3 is 5.11 Å². The van der Waals surface area contributed by atoms with Crippen LogP contribution in [0.5, 0.6) is 5.75 Å². The Balaban J connectivity index is 2.50. The molecule has 0 radical (unpaired) electrons. The van der Waals surface area contributed by atoms with Crippen molar-refractivity contribution in [2.24, 2.45) is 0 Å². The lowest BCUT2D eigenvalue weighted by atomic mass is 10.1. The molecular weight excluding hydrogens is 186 g/mol. The summed E-state index contributed by atoms with van der Waals surface area (Å²) in [7, 11) is 0. The fourth-order valence-electron chi connectivity index (χ4n) is 1.52. The van der Waals surface area contributed by atoms with Crippen molar-refractivity contribution in [3.63, 3.8) is 0 Å². The molecule has 15 heavy (non-hydrogen) atoms. The van der Waals surface area contributed by atoms with Crippen LogP contribution >= 0.6 is 0 Å². The van der Waals surface area contributed by atoms with Crippen molar-refractivity contribution in [2.75, 3.05) is 0 Å². The second-order valence-electron chi connectivity index (χ2n) is 3.67. The Hall–Kier alpha value is -1.83. The van der Waals surface area contributed by atoms with E-state index in [-0.39, 0.29) is 0 Å². The highest BCUT2D eigenvalue weighted by Crippen LogP contribution is 2.23. The van der Waals surface area contributed by atoms with Gasteiger partial charge in [-0.2, -0.15) is 0 Å². The number of hydrogen-bond donors (Lipinski definition) is 1. The number of aryl methyl sites for hydroxylation is 2. The second-order valence-corrected chi connectivity index (χ2v) is 3.67. The summed E-state index contributed by atoms with van der Waals surface area (Å²) >= 11 is 0. The third-order valence-electron chi connectivity index (χ3n) is 2.38. The van der Waals surface area contributed by atoms with Crippen molar-refractivity contribution < 1.29 is 5.11 Å². The van der Waals surface area contributed by atoms with Crippen molar-refractivity contribution in [3.05, 3.63) is 47.7 Å². The number of hydrogen-bond acceptors (Lipinski definition) is 2. The molecule has 1 aromatic heterocycles. The van der Waals surface area contributed by atoms with Crippen LogP contribution in [0.4, 0.5) is 0 Å². The fraction of sp³-hybridized carbons (Fsp3) is 0.154. The number of aromatic nitrogens is 1. The van der Waals surface area contributed by atoms with Crippen LogP contribution in [0.25, 0.3) is 11.3 Å². The highest BCUT2D eigenvalue weighted by atomic mass is 16.3. The van der Waals surface area contributed by atoms with Gasteiger partial charge in [0.2, 0.25) is 0 Å². The molecule has 2 heteroatoms. The van der Waals surface area contributed by atoms with E-state index in [1.807, 2.05) is 44.2 Å². The van der Waals surface area contributed by atoms with Crippen LogP contribution in [-0.4, -0.2) is 10.1 Å². The Morgan fingerprint density at radius 3 is 2.53 bits per heavy atom. The number of phenolic OH excluding ortho intramolecular Hbond substituents is 1. The molecule has 0 aliphatic heterocycles. The lowest BCUT2D eigenvalue weighted by Crippen LogP contribution is -1.86. The molecule has 76 valence electrons. The molecule has 0 saturated carbocycles. The quantitative estimate of drug-likeness (QED) is 0.765. The monoisotopic (exact) mass is 199 g/mol. The van der Waals surface area contributed by atoms with Gasteiger partial charge in [-0.1, -0.05) is 6.07 Å². The fourth-order valence-corrected chi connectivity index (χ4v) is 1.52. The molecule has 2 nitrogen and oxygen atoms in total. The highest BCUT2D eigenvalue weighted by Gasteiger charge is 2.01.